The van der Waals surface area contributed by atoms with Crippen LogP contribution < -0.4 is 21.1 Å². The zero-order valence-corrected chi connectivity index (χ0v) is 17.6. The van der Waals surface area contributed by atoms with Crippen LogP contribution in [0.2, 0.25) is 0 Å². The summed E-state index contributed by atoms with van der Waals surface area (Å²) in [7, 11) is 1.48. The van der Waals surface area contributed by atoms with Crippen LogP contribution in [0.1, 0.15) is 23.0 Å². The van der Waals surface area contributed by atoms with Gasteiger partial charge in [-0.3, -0.25) is 4.79 Å². The molecule has 9 heteroatoms. The maximum atomic E-state index is 13.1. The summed E-state index contributed by atoms with van der Waals surface area (Å²) in [5.74, 6) is 5.88. The summed E-state index contributed by atoms with van der Waals surface area (Å²) in [6.07, 6.45) is -4.40. The first-order valence-corrected chi connectivity index (χ1v) is 9.87. The van der Waals surface area contributed by atoms with E-state index in [0.717, 1.165) is 4.57 Å². The minimum absolute atomic E-state index is 0.153. The fourth-order valence-corrected chi connectivity index (χ4v) is 3.28. The summed E-state index contributed by atoms with van der Waals surface area (Å²) < 4.78 is 45.7. The van der Waals surface area contributed by atoms with Crippen molar-refractivity contribution in [2.45, 2.75) is 19.6 Å². The minimum atomic E-state index is -4.40. The molecule has 0 aliphatic carbocycles. The third-order valence-electron chi connectivity index (χ3n) is 4.70. The van der Waals surface area contributed by atoms with Gasteiger partial charge in [0.15, 0.2) is 0 Å². The Morgan fingerprint density at radius 1 is 1.22 bits per heavy atom. The molecule has 0 unspecified atom stereocenters. The summed E-state index contributed by atoms with van der Waals surface area (Å²) in [6, 6.07) is 11.3. The van der Waals surface area contributed by atoms with Crippen molar-refractivity contribution in [3.05, 3.63) is 53.7 Å². The largest absolute Gasteiger partial charge is 0.495 e. The number of carbonyl (C=O) groups excluding carboxylic acids is 1. The molecule has 32 heavy (non-hydrogen) atoms. The molecule has 0 aliphatic heterocycles. The Hall–Kier alpha value is -3.80. The molecule has 1 aromatic heterocycles. The fraction of sp³-hybridized carbons (Fsp3) is 0.261. The van der Waals surface area contributed by atoms with Crippen molar-refractivity contribution < 1.29 is 22.7 Å². The molecular weight excluding hydrogens is 421 g/mol. The molecule has 2 aromatic carbocycles. The van der Waals surface area contributed by atoms with Gasteiger partial charge in [-0.15, -0.1) is 0 Å². The average Bonchev–Trinajstić information content (AvgIpc) is 3.08. The number of hydrogen-bond acceptors (Lipinski definition) is 4. The molecule has 0 bridgehead atoms. The van der Waals surface area contributed by atoms with Crippen LogP contribution >= 0.6 is 0 Å². The maximum absolute atomic E-state index is 13.1. The molecule has 0 saturated carbocycles. The lowest BCUT2D eigenvalue weighted by molar-refractivity contribution is -0.140. The number of benzene rings is 2. The Kier molecular flexibility index (Phi) is 6.83. The highest BCUT2D eigenvalue weighted by Gasteiger charge is 2.29. The number of halogens is 3. The van der Waals surface area contributed by atoms with E-state index < -0.39 is 12.7 Å². The Balaban J connectivity index is 1.82. The van der Waals surface area contributed by atoms with Gasteiger partial charge in [0.05, 0.1) is 30.6 Å². The van der Waals surface area contributed by atoms with E-state index in [-0.39, 0.29) is 18.1 Å². The predicted molar refractivity (Wildman–Crippen MR) is 119 cm³/mol. The highest BCUT2D eigenvalue weighted by Crippen LogP contribution is 2.29. The van der Waals surface area contributed by atoms with Crippen molar-refractivity contribution in [2.24, 2.45) is 0 Å². The molecule has 1 amide bonds. The smallest absolute Gasteiger partial charge is 0.406 e. The van der Waals surface area contributed by atoms with Crippen LogP contribution in [0.15, 0.2) is 42.5 Å². The molecule has 0 atom stereocenters. The number of nitrogens with one attached hydrogen (secondary N) is 2. The van der Waals surface area contributed by atoms with Gasteiger partial charge in [-0.1, -0.05) is 12.0 Å². The zero-order chi connectivity index (χ0) is 23.3. The lowest BCUT2D eigenvalue weighted by Crippen LogP contribution is -2.22. The number of carbonyl (C=O) groups is 1. The van der Waals surface area contributed by atoms with Crippen LogP contribution in [0.5, 0.6) is 5.75 Å². The summed E-state index contributed by atoms with van der Waals surface area (Å²) in [5, 5.41) is 6.29. The van der Waals surface area contributed by atoms with E-state index in [9.17, 15) is 18.0 Å². The topological polar surface area (TPSA) is 81.3 Å². The van der Waals surface area contributed by atoms with Crippen LogP contribution in [-0.2, 0) is 6.54 Å². The molecular formula is C23H23F3N4O2. The highest BCUT2D eigenvalue weighted by atomic mass is 19.4. The number of fused-ring (bicyclic) bond motifs is 1. The third kappa shape index (κ3) is 5.27. The van der Waals surface area contributed by atoms with Gasteiger partial charge in [0.25, 0.3) is 5.91 Å². The summed E-state index contributed by atoms with van der Waals surface area (Å²) in [5.41, 5.74) is 7.97. The molecule has 4 N–H and O–H groups in total. The van der Waals surface area contributed by atoms with Crippen LogP contribution in [0, 0.1) is 11.8 Å². The molecule has 3 aromatic rings. The van der Waals surface area contributed by atoms with Crippen molar-refractivity contribution in [2.75, 3.05) is 31.2 Å². The van der Waals surface area contributed by atoms with E-state index in [1.807, 2.05) is 6.92 Å². The summed E-state index contributed by atoms with van der Waals surface area (Å²) in [4.78, 5) is 12.0. The van der Waals surface area contributed by atoms with E-state index in [0.29, 0.717) is 40.1 Å². The first-order valence-electron chi connectivity index (χ1n) is 9.87. The van der Waals surface area contributed by atoms with E-state index in [4.69, 9.17) is 10.5 Å². The molecule has 0 radical (unpaired) electrons. The number of aromatic nitrogens is 1. The van der Waals surface area contributed by atoms with Gasteiger partial charge in [0.2, 0.25) is 0 Å². The zero-order valence-electron chi connectivity index (χ0n) is 17.6. The van der Waals surface area contributed by atoms with Crippen LogP contribution in [0.4, 0.5) is 24.5 Å². The SMILES string of the molecule is CCNC(=O)c1ccc(NCC#Cc2cc3c(N)cccc3n2CC(F)(F)F)c(OC)c1. The van der Waals surface area contributed by atoms with Gasteiger partial charge in [-0.2, -0.15) is 13.2 Å². The van der Waals surface area contributed by atoms with Gasteiger partial charge in [-0.05, 0) is 49.2 Å². The standard InChI is InChI=1S/C23H23F3N4O2/c1-3-28-22(31)15-9-10-19(21(12-15)32-2)29-11-5-6-16-13-17-18(27)7-4-8-20(17)30(16)14-23(24,25)26/h4,7-10,12-13,29H,3,11,14,27H2,1-2H3,(H,28,31). The Morgan fingerprint density at radius 2 is 2.00 bits per heavy atom. The summed E-state index contributed by atoms with van der Waals surface area (Å²) in [6.45, 7) is 1.33. The van der Waals surface area contributed by atoms with Gasteiger partial charge in [0, 0.05) is 23.2 Å². The molecule has 0 spiro atoms. The molecule has 0 saturated heterocycles. The van der Waals surface area contributed by atoms with E-state index in [1.165, 1.54) is 7.11 Å². The van der Waals surface area contributed by atoms with Crippen molar-refractivity contribution in [1.29, 1.82) is 0 Å². The Bertz CT molecular complexity index is 1190. The number of hydrogen-bond donors (Lipinski definition) is 3. The molecule has 6 nitrogen and oxygen atoms in total. The molecule has 0 fully saturated rings. The second kappa shape index (κ2) is 9.56. The lowest BCUT2D eigenvalue weighted by Gasteiger charge is -2.11. The van der Waals surface area contributed by atoms with Gasteiger partial charge < -0.3 is 25.7 Å². The summed E-state index contributed by atoms with van der Waals surface area (Å²) >= 11 is 0. The number of alkyl halides is 3. The van der Waals surface area contributed by atoms with E-state index in [1.54, 1.807) is 42.5 Å². The molecule has 1 heterocycles. The van der Waals surface area contributed by atoms with E-state index >= 15 is 0 Å². The maximum Gasteiger partial charge on any atom is 0.406 e. The first-order chi connectivity index (χ1) is 15.2. The molecule has 3 rings (SSSR count). The van der Waals surface area contributed by atoms with Crippen molar-refractivity contribution in [3.8, 4) is 17.6 Å². The number of ether oxygens (including phenoxy) is 1. The lowest BCUT2D eigenvalue weighted by atomic mass is 10.1. The molecule has 168 valence electrons. The van der Waals surface area contributed by atoms with E-state index in [2.05, 4.69) is 22.5 Å². The van der Waals surface area contributed by atoms with Gasteiger partial charge in [0.1, 0.15) is 12.3 Å². The minimum Gasteiger partial charge on any atom is -0.495 e. The Morgan fingerprint density at radius 3 is 2.69 bits per heavy atom. The number of nitrogen functional groups attached to an aromatic ring is 1. The average molecular weight is 444 g/mol. The van der Waals surface area contributed by atoms with Gasteiger partial charge in [-0.25, -0.2) is 0 Å². The number of methoxy groups -OCH3 is 1. The van der Waals surface area contributed by atoms with Crippen molar-refractivity contribution in [1.82, 2.24) is 9.88 Å². The predicted octanol–water partition coefficient (Wildman–Crippen LogP) is 4.01. The number of amides is 1. The number of nitrogens with two attached hydrogens (primary N) is 1. The third-order valence-corrected chi connectivity index (χ3v) is 4.70. The quantitative estimate of drug-likeness (QED) is 0.397. The fourth-order valence-electron chi connectivity index (χ4n) is 3.28. The van der Waals surface area contributed by atoms with Crippen molar-refractivity contribution in [3.63, 3.8) is 0 Å². The van der Waals surface area contributed by atoms with Gasteiger partial charge >= 0.3 is 6.18 Å². The van der Waals surface area contributed by atoms with Crippen LogP contribution in [0.25, 0.3) is 10.9 Å². The number of anilines is 2. The molecule has 0 aliphatic rings. The normalized spacial score (nSPS) is 11.0. The monoisotopic (exact) mass is 444 g/mol. The second-order valence-corrected chi connectivity index (χ2v) is 6.94. The Labute approximate surface area is 183 Å². The number of rotatable bonds is 6. The first kappa shape index (κ1) is 22.9. The van der Waals surface area contributed by atoms with Crippen molar-refractivity contribution >= 4 is 28.2 Å². The van der Waals surface area contributed by atoms with Crippen LogP contribution in [-0.4, -0.2) is 36.8 Å². The number of nitrogens with zero attached hydrogens (tertiary/aromatic N) is 1. The van der Waals surface area contributed by atoms with Crippen LogP contribution in [0.3, 0.4) is 0 Å². The highest BCUT2D eigenvalue weighted by molar-refractivity contribution is 5.95. The second-order valence-electron chi connectivity index (χ2n) is 6.94.